The van der Waals surface area contributed by atoms with E-state index in [4.69, 9.17) is 33.3 Å². The van der Waals surface area contributed by atoms with Gasteiger partial charge < -0.3 is 9.52 Å². The first-order valence-electron chi connectivity index (χ1n) is 9.36. The minimum absolute atomic E-state index is 0.000235. The zero-order valence-electron chi connectivity index (χ0n) is 16.6. The standard InChI is InChI=1S/C23H15ClN2O5S/c1-12-4-2-3-5-18(12)26-21(28)16(20(27)25-23(26)32)11-14-7-9-19(31-14)13-6-8-15(22(29)30)17(24)10-13/h2-11H,1H3,(H,29,30)(H,25,27,32)/b16-11+. The Bertz CT molecular complexity index is 1330. The number of halogens is 1. The van der Waals surface area contributed by atoms with Gasteiger partial charge in [-0.25, -0.2) is 4.79 Å². The molecule has 7 nitrogen and oxygen atoms in total. The first kappa shape index (κ1) is 21.5. The molecule has 4 rings (SSSR count). The van der Waals surface area contributed by atoms with Gasteiger partial charge in [-0.15, -0.1) is 0 Å². The summed E-state index contributed by atoms with van der Waals surface area (Å²) in [6.07, 6.45) is 1.33. The Balaban J connectivity index is 1.67. The van der Waals surface area contributed by atoms with Crippen molar-refractivity contribution in [3.8, 4) is 11.3 Å². The lowest BCUT2D eigenvalue weighted by Gasteiger charge is -2.29. The molecule has 2 heterocycles. The Morgan fingerprint density at radius 3 is 2.59 bits per heavy atom. The van der Waals surface area contributed by atoms with Gasteiger partial charge in [0.2, 0.25) is 0 Å². The van der Waals surface area contributed by atoms with Gasteiger partial charge in [-0.2, -0.15) is 0 Å². The van der Waals surface area contributed by atoms with E-state index in [1.165, 1.54) is 23.1 Å². The number of para-hydroxylation sites is 1. The summed E-state index contributed by atoms with van der Waals surface area (Å²) in [5.41, 5.74) is 1.78. The first-order valence-corrected chi connectivity index (χ1v) is 10.1. The van der Waals surface area contributed by atoms with E-state index < -0.39 is 17.8 Å². The van der Waals surface area contributed by atoms with E-state index in [-0.39, 0.29) is 27.0 Å². The van der Waals surface area contributed by atoms with E-state index >= 15 is 0 Å². The molecule has 1 aliphatic heterocycles. The third-order valence-electron chi connectivity index (χ3n) is 4.86. The number of carboxylic acid groups (broad SMARTS) is 1. The van der Waals surface area contributed by atoms with Crippen LogP contribution in [0.25, 0.3) is 17.4 Å². The summed E-state index contributed by atoms with van der Waals surface area (Å²) < 4.78 is 5.75. The van der Waals surface area contributed by atoms with E-state index in [1.807, 2.05) is 19.1 Å². The largest absolute Gasteiger partial charge is 0.478 e. The topological polar surface area (TPSA) is 99.8 Å². The second kappa shape index (κ2) is 8.41. The van der Waals surface area contributed by atoms with Gasteiger partial charge in [-0.1, -0.05) is 35.9 Å². The maximum atomic E-state index is 13.1. The Morgan fingerprint density at radius 2 is 1.91 bits per heavy atom. The minimum atomic E-state index is -1.13. The van der Waals surface area contributed by atoms with Crippen molar-refractivity contribution in [1.29, 1.82) is 0 Å². The van der Waals surface area contributed by atoms with Crippen LogP contribution >= 0.6 is 23.8 Å². The van der Waals surface area contributed by atoms with E-state index in [0.29, 0.717) is 17.0 Å². The van der Waals surface area contributed by atoms with Crippen LogP contribution in [0.5, 0.6) is 0 Å². The summed E-state index contributed by atoms with van der Waals surface area (Å²) in [6, 6.07) is 14.8. The molecule has 0 atom stereocenters. The molecule has 3 aromatic rings. The summed E-state index contributed by atoms with van der Waals surface area (Å²) in [7, 11) is 0. The molecule has 0 aliphatic carbocycles. The van der Waals surface area contributed by atoms with Gasteiger partial charge in [0.05, 0.1) is 16.3 Å². The average molecular weight is 467 g/mol. The molecule has 0 unspecified atom stereocenters. The third kappa shape index (κ3) is 3.93. The van der Waals surface area contributed by atoms with Crippen LogP contribution in [0.3, 0.4) is 0 Å². The van der Waals surface area contributed by atoms with Gasteiger partial charge in [0.25, 0.3) is 11.8 Å². The molecule has 2 amide bonds. The zero-order valence-corrected chi connectivity index (χ0v) is 18.2. The number of nitrogens with one attached hydrogen (secondary N) is 1. The highest BCUT2D eigenvalue weighted by molar-refractivity contribution is 7.80. The summed E-state index contributed by atoms with van der Waals surface area (Å²) >= 11 is 11.2. The second-order valence-corrected chi connectivity index (χ2v) is 7.74. The van der Waals surface area contributed by atoms with Crippen molar-refractivity contribution < 1.29 is 23.9 Å². The molecular formula is C23H15ClN2O5S. The molecule has 1 aliphatic rings. The molecule has 2 aromatic carbocycles. The van der Waals surface area contributed by atoms with Crippen LogP contribution < -0.4 is 10.2 Å². The summed E-state index contributed by atoms with van der Waals surface area (Å²) in [6.45, 7) is 1.84. The molecule has 0 radical (unpaired) electrons. The first-order chi connectivity index (χ1) is 15.3. The monoisotopic (exact) mass is 466 g/mol. The molecular weight excluding hydrogens is 452 g/mol. The minimum Gasteiger partial charge on any atom is -0.478 e. The van der Waals surface area contributed by atoms with E-state index in [9.17, 15) is 14.4 Å². The molecule has 9 heteroatoms. The van der Waals surface area contributed by atoms with Crippen LogP contribution in [0.1, 0.15) is 21.7 Å². The fourth-order valence-corrected chi connectivity index (χ4v) is 3.80. The molecule has 1 aromatic heterocycles. The van der Waals surface area contributed by atoms with Crippen molar-refractivity contribution in [2.75, 3.05) is 4.90 Å². The molecule has 1 fully saturated rings. The highest BCUT2D eigenvalue weighted by Crippen LogP contribution is 2.29. The Labute approximate surface area is 192 Å². The van der Waals surface area contributed by atoms with Gasteiger partial charge >= 0.3 is 5.97 Å². The van der Waals surface area contributed by atoms with Crippen LogP contribution in [0.2, 0.25) is 5.02 Å². The number of carboxylic acids is 1. The number of hydrogen-bond acceptors (Lipinski definition) is 5. The quantitative estimate of drug-likeness (QED) is 0.335. The number of hydrogen-bond donors (Lipinski definition) is 2. The maximum absolute atomic E-state index is 13.1. The lowest BCUT2D eigenvalue weighted by atomic mass is 10.1. The van der Waals surface area contributed by atoms with Crippen molar-refractivity contribution in [3.63, 3.8) is 0 Å². The summed E-state index contributed by atoms with van der Waals surface area (Å²) in [4.78, 5) is 38.0. The van der Waals surface area contributed by atoms with Crippen LogP contribution in [0.15, 0.2) is 64.6 Å². The fourth-order valence-electron chi connectivity index (χ4n) is 3.26. The number of aryl methyl sites for hydroxylation is 1. The van der Waals surface area contributed by atoms with E-state index in [0.717, 1.165) is 5.56 Å². The van der Waals surface area contributed by atoms with Gasteiger partial charge in [0, 0.05) is 5.56 Å². The number of thiocarbonyl (C=S) groups is 1. The van der Waals surface area contributed by atoms with E-state index in [1.54, 1.807) is 30.3 Å². The van der Waals surface area contributed by atoms with Crippen LogP contribution in [0.4, 0.5) is 5.69 Å². The third-order valence-corrected chi connectivity index (χ3v) is 5.45. The number of furan rings is 1. The molecule has 1 saturated heterocycles. The van der Waals surface area contributed by atoms with Crippen molar-refractivity contribution in [2.24, 2.45) is 0 Å². The molecule has 32 heavy (non-hydrogen) atoms. The van der Waals surface area contributed by atoms with Gasteiger partial charge in [-0.05, 0) is 61.1 Å². The molecule has 160 valence electrons. The number of benzene rings is 2. The second-order valence-electron chi connectivity index (χ2n) is 6.95. The predicted octanol–water partition coefficient (Wildman–Crippen LogP) is 4.44. The SMILES string of the molecule is Cc1ccccc1N1C(=O)/C(=C/c2ccc(-c3ccc(C(=O)O)c(Cl)c3)o2)C(=O)NC1=S. The highest BCUT2D eigenvalue weighted by Gasteiger charge is 2.35. The molecule has 2 N–H and O–H groups in total. The Hall–Kier alpha value is -3.75. The molecule has 0 saturated carbocycles. The fraction of sp³-hybridized carbons (Fsp3) is 0.0435. The van der Waals surface area contributed by atoms with Crippen molar-refractivity contribution in [3.05, 3.63) is 82.1 Å². The van der Waals surface area contributed by atoms with Crippen molar-refractivity contribution in [2.45, 2.75) is 6.92 Å². The van der Waals surface area contributed by atoms with Gasteiger partial charge in [0.1, 0.15) is 17.1 Å². The number of carbonyl (C=O) groups is 3. The van der Waals surface area contributed by atoms with Gasteiger partial charge in [0.15, 0.2) is 5.11 Å². The summed E-state index contributed by atoms with van der Waals surface area (Å²) in [5.74, 6) is -1.68. The Kier molecular flexibility index (Phi) is 5.65. The van der Waals surface area contributed by atoms with Crippen LogP contribution in [-0.4, -0.2) is 28.0 Å². The number of carbonyl (C=O) groups excluding carboxylic acids is 2. The van der Waals surface area contributed by atoms with Crippen molar-refractivity contribution in [1.82, 2.24) is 5.32 Å². The maximum Gasteiger partial charge on any atom is 0.337 e. The van der Waals surface area contributed by atoms with Gasteiger partial charge in [-0.3, -0.25) is 19.8 Å². The molecule has 0 bridgehead atoms. The lowest BCUT2D eigenvalue weighted by Crippen LogP contribution is -2.54. The number of amides is 2. The smallest absolute Gasteiger partial charge is 0.337 e. The summed E-state index contributed by atoms with van der Waals surface area (Å²) in [5, 5.41) is 11.7. The number of rotatable bonds is 4. The molecule has 0 spiro atoms. The average Bonchev–Trinajstić information content (AvgIpc) is 3.21. The van der Waals surface area contributed by atoms with Crippen LogP contribution in [-0.2, 0) is 9.59 Å². The highest BCUT2D eigenvalue weighted by atomic mass is 35.5. The predicted molar refractivity (Wildman–Crippen MR) is 123 cm³/mol. The number of nitrogens with zero attached hydrogens (tertiary/aromatic N) is 1. The number of aromatic carboxylic acids is 1. The number of anilines is 1. The Morgan fingerprint density at radius 1 is 1.16 bits per heavy atom. The van der Waals surface area contributed by atoms with Crippen LogP contribution in [0, 0.1) is 6.92 Å². The normalized spacial score (nSPS) is 15.2. The van der Waals surface area contributed by atoms with E-state index in [2.05, 4.69) is 5.32 Å². The lowest BCUT2D eigenvalue weighted by molar-refractivity contribution is -0.122. The zero-order chi connectivity index (χ0) is 23.0. The van der Waals surface area contributed by atoms with Crippen molar-refractivity contribution >= 4 is 58.5 Å².